The molecule has 2 rings (SSSR count). The predicted octanol–water partition coefficient (Wildman–Crippen LogP) is 2.68. The van der Waals surface area contributed by atoms with E-state index < -0.39 is 0 Å². The summed E-state index contributed by atoms with van der Waals surface area (Å²) >= 11 is 0. The Balaban J connectivity index is 1.86. The Bertz CT molecular complexity index is 473. The Morgan fingerprint density at radius 3 is 2.86 bits per heavy atom. The number of aromatic nitrogens is 1. The molecule has 1 aliphatic carbocycles. The summed E-state index contributed by atoms with van der Waals surface area (Å²) < 4.78 is 5.74. The van der Waals surface area contributed by atoms with E-state index >= 15 is 0 Å². The number of aryl methyl sites for hydroxylation is 1. The van der Waals surface area contributed by atoms with Gasteiger partial charge in [-0.15, -0.1) is 0 Å². The summed E-state index contributed by atoms with van der Waals surface area (Å²) in [5.41, 5.74) is 1.15. The predicted molar refractivity (Wildman–Crippen MR) is 82.9 cm³/mol. The number of carbonyl (C=O) groups is 1. The van der Waals surface area contributed by atoms with Gasteiger partial charge in [-0.3, -0.25) is 9.78 Å². The SMILES string of the molecule is CCO[C@H]1C[C@H](N(C)C(=O)CCc2cccnc2)C1(C)C. The molecule has 4 nitrogen and oxygen atoms in total. The molecule has 1 aliphatic rings. The third-order valence-electron chi connectivity index (χ3n) is 4.71. The second-order valence-corrected chi connectivity index (χ2v) is 6.38. The van der Waals surface area contributed by atoms with Crippen LogP contribution in [0, 0.1) is 5.41 Å². The van der Waals surface area contributed by atoms with E-state index in [2.05, 4.69) is 18.8 Å². The maximum Gasteiger partial charge on any atom is 0.222 e. The molecule has 0 aliphatic heterocycles. The van der Waals surface area contributed by atoms with E-state index in [1.165, 1.54) is 0 Å². The first-order valence-corrected chi connectivity index (χ1v) is 7.73. The van der Waals surface area contributed by atoms with Crippen LogP contribution in [0.2, 0.25) is 0 Å². The maximum atomic E-state index is 12.4. The minimum absolute atomic E-state index is 0.0364. The molecule has 1 amide bonds. The van der Waals surface area contributed by atoms with Crippen LogP contribution in [0.15, 0.2) is 24.5 Å². The number of ether oxygens (including phenoxy) is 1. The third-order valence-corrected chi connectivity index (χ3v) is 4.71. The molecule has 1 aromatic rings. The zero-order chi connectivity index (χ0) is 15.5. The molecule has 21 heavy (non-hydrogen) atoms. The molecule has 0 radical (unpaired) electrons. The van der Waals surface area contributed by atoms with E-state index in [-0.39, 0.29) is 23.5 Å². The second-order valence-electron chi connectivity index (χ2n) is 6.38. The Hall–Kier alpha value is -1.42. The van der Waals surface area contributed by atoms with Crippen LogP contribution in [0.25, 0.3) is 0 Å². The average Bonchev–Trinajstić information content (AvgIpc) is 2.49. The molecule has 1 heterocycles. The molecule has 0 aromatic carbocycles. The molecule has 2 atom stereocenters. The van der Waals surface area contributed by atoms with E-state index in [9.17, 15) is 4.79 Å². The normalized spacial score (nSPS) is 23.4. The molecule has 1 saturated carbocycles. The first-order chi connectivity index (χ1) is 9.96. The fourth-order valence-electron chi connectivity index (χ4n) is 3.15. The minimum Gasteiger partial charge on any atom is -0.378 e. The van der Waals surface area contributed by atoms with Gasteiger partial charge in [0.2, 0.25) is 5.91 Å². The standard InChI is InChI=1S/C17H26N2O2/c1-5-21-15-11-14(17(15,2)3)19(4)16(20)9-8-13-7-6-10-18-12-13/h6-7,10,12,14-15H,5,8-9,11H2,1-4H3/t14-,15-/m0/s1. The van der Waals surface area contributed by atoms with Crippen molar-refractivity contribution in [2.45, 2.75) is 52.2 Å². The molecule has 0 spiro atoms. The Morgan fingerprint density at radius 2 is 2.29 bits per heavy atom. The molecule has 4 heteroatoms. The Morgan fingerprint density at radius 1 is 1.52 bits per heavy atom. The third kappa shape index (κ3) is 3.43. The van der Waals surface area contributed by atoms with Gasteiger partial charge in [0, 0.05) is 43.9 Å². The van der Waals surface area contributed by atoms with Gasteiger partial charge in [0.1, 0.15) is 0 Å². The lowest BCUT2D eigenvalue weighted by atomic mass is 9.63. The van der Waals surface area contributed by atoms with Gasteiger partial charge in [-0.2, -0.15) is 0 Å². The van der Waals surface area contributed by atoms with E-state index in [0.717, 1.165) is 25.0 Å². The lowest BCUT2D eigenvalue weighted by molar-refractivity contribution is -0.163. The average molecular weight is 290 g/mol. The van der Waals surface area contributed by atoms with Gasteiger partial charge in [-0.1, -0.05) is 19.9 Å². The summed E-state index contributed by atoms with van der Waals surface area (Å²) in [6.45, 7) is 7.13. The minimum atomic E-state index is 0.0364. The quantitative estimate of drug-likeness (QED) is 0.809. The van der Waals surface area contributed by atoms with Gasteiger partial charge in [0.25, 0.3) is 0 Å². The molecule has 0 unspecified atom stereocenters. The maximum absolute atomic E-state index is 12.4. The van der Waals surface area contributed by atoms with E-state index in [1.807, 2.05) is 37.2 Å². The van der Waals surface area contributed by atoms with Crippen molar-refractivity contribution in [2.75, 3.05) is 13.7 Å². The fraction of sp³-hybridized carbons (Fsp3) is 0.647. The summed E-state index contributed by atoms with van der Waals surface area (Å²) in [4.78, 5) is 18.4. The van der Waals surface area contributed by atoms with Crippen molar-refractivity contribution < 1.29 is 9.53 Å². The van der Waals surface area contributed by atoms with Crippen molar-refractivity contribution in [3.8, 4) is 0 Å². The zero-order valence-corrected chi connectivity index (χ0v) is 13.5. The van der Waals surface area contributed by atoms with Gasteiger partial charge < -0.3 is 9.64 Å². The van der Waals surface area contributed by atoms with Crippen molar-refractivity contribution in [1.82, 2.24) is 9.88 Å². The van der Waals surface area contributed by atoms with Crippen LogP contribution in [0.1, 0.15) is 39.2 Å². The summed E-state index contributed by atoms with van der Waals surface area (Å²) in [6.07, 6.45) is 6.07. The lowest BCUT2D eigenvalue weighted by Crippen LogP contribution is -2.62. The summed E-state index contributed by atoms with van der Waals surface area (Å²) in [5, 5.41) is 0. The van der Waals surface area contributed by atoms with Crippen LogP contribution in [0.3, 0.4) is 0 Å². The number of hydrogen-bond acceptors (Lipinski definition) is 3. The van der Waals surface area contributed by atoms with Gasteiger partial charge in [-0.05, 0) is 31.4 Å². The number of amides is 1. The van der Waals surface area contributed by atoms with Crippen molar-refractivity contribution >= 4 is 5.91 Å². The lowest BCUT2D eigenvalue weighted by Gasteiger charge is -2.54. The highest BCUT2D eigenvalue weighted by atomic mass is 16.5. The van der Waals surface area contributed by atoms with E-state index in [0.29, 0.717) is 6.42 Å². The smallest absolute Gasteiger partial charge is 0.222 e. The van der Waals surface area contributed by atoms with Crippen LogP contribution in [-0.2, 0) is 16.0 Å². The number of carbonyl (C=O) groups excluding carboxylic acids is 1. The van der Waals surface area contributed by atoms with Gasteiger partial charge in [-0.25, -0.2) is 0 Å². The number of rotatable bonds is 6. The summed E-state index contributed by atoms with van der Waals surface area (Å²) in [6, 6.07) is 4.19. The highest BCUT2D eigenvalue weighted by molar-refractivity contribution is 5.76. The van der Waals surface area contributed by atoms with Gasteiger partial charge in [0.05, 0.1) is 6.10 Å². The fourth-order valence-corrected chi connectivity index (χ4v) is 3.15. The Kier molecular flexibility index (Phi) is 4.99. The zero-order valence-electron chi connectivity index (χ0n) is 13.5. The van der Waals surface area contributed by atoms with Crippen molar-refractivity contribution in [3.05, 3.63) is 30.1 Å². The highest BCUT2D eigenvalue weighted by Gasteiger charge is 2.51. The molecule has 116 valence electrons. The monoisotopic (exact) mass is 290 g/mol. The van der Waals surface area contributed by atoms with Crippen molar-refractivity contribution in [3.63, 3.8) is 0 Å². The van der Waals surface area contributed by atoms with Crippen LogP contribution in [-0.4, -0.2) is 41.6 Å². The first-order valence-electron chi connectivity index (χ1n) is 7.73. The molecule has 0 N–H and O–H groups in total. The molecule has 0 saturated heterocycles. The second kappa shape index (κ2) is 6.56. The molecule has 1 aromatic heterocycles. The van der Waals surface area contributed by atoms with Crippen molar-refractivity contribution in [1.29, 1.82) is 0 Å². The summed E-state index contributed by atoms with van der Waals surface area (Å²) in [5.74, 6) is 0.201. The molecule has 1 fully saturated rings. The van der Waals surface area contributed by atoms with Crippen LogP contribution in [0.4, 0.5) is 0 Å². The summed E-state index contributed by atoms with van der Waals surface area (Å²) in [7, 11) is 1.92. The Labute approximate surface area is 127 Å². The molecular formula is C17H26N2O2. The van der Waals surface area contributed by atoms with Crippen LogP contribution >= 0.6 is 0 Å². The molecule has 0 bridgehead atoms. The number of hydrogen-bond donors (Lipinski definition) is 0. The topological polar surface area (TPSA) is 42.4 Å². The van der Waals surface area contributed by atoms with Crippen LogP contribution < -0.4 is 0 Å². The largest absolute Gasteiger partial charge is 0.378 e. The van der Waals surface area contributed by atoms with Crippen LogP contribution in [0.5, 0.6) is 0 Å². The van der Waals surface area contributed by atoms with Gasteiger partial charge >= 0.3 is 0 Å². The highest BCUT2D eigenvalue weighted by Crippen LogP contribution is 2.45. The van der Waals surface area contributed by atoms with E-state index in [4.69, 9.17) is 4.74 Å². The van der Waals surface area contributed by atoms with Gasteiger partial charge in [0.15, 0.2) is 0 Å². The number of pyridine rings is 1. The molecular weight excluding hydrogens is 264 g/mol. The van der Waals surface area contributed by atoms with Crippen molar-refractivity contribution in [2.24, 2.45) is 5.41 Å². The van der Waals surface area contributed by atoms with E-state index in [1.54, 1.807) is 6.20 Å². The first kappa shape index (κ1) is 16.0. The number of nitrogens with zero attached hydrogens (tertiary/aromatic N) is 2.